The van der Waals surface area contributed by atoms with Crippen LogP contribution in [0.15, 0.2) is 10.8 Å². The van der Waals surface area contributed by atoms with E-state index < -0.39 is 6.10 Å². The minimum absolute atomic E-state index is 0.0512. The lowest BCUT2D eigenvalue weighted by molar-refractivity contribution is -0.144. The highest BCUT2D eigenvalue weighted by Gasteiger charge is 2.27. The molecule has 1 aromatic rings. The molecule has 0 saturated carbocycles. The van der Waals surface area contributed by atoms with Crippen LogP contribution in [0.4, 0.5) is 0 Å². The van der Waals surface area contributed by atoms with Gasteiger partial charge in [0.05, 0.1) is 13.1 Å². The Hall–Kier alpha value is -1.89. The van der Waals surface area contributed by atoms with E-state index in [9.17, 15) is 9.59 Å². The standard InChI is InChI=1S/C14H21N3O4/c1-10-11(16-9-21-10)7-15-13(18)8-17-6-4-3-5-12(20-2)14(17)19/h9,12H,3-8H2,1-2H3,(H,15,18). The van der Waals surface area contributed by atoms with Crippen LogP contribution in [-0.4, -0.2) is 48.0 Å². The first-order chi connectivity index (χ1) is 10.1. The smallest absolute Gasteiger partial charge is 0.252 e. The molecule has 0 bridgehead atoms. The number of aryl methyl sites for hydroxylation is 1. The maximum atomic E-state index is 12.2. The molecular weight excluding hydrogens is 274 g/mol. The molecule has 1 saturated heterocycles. The van der Waals surface area contributed by atoms with Crippen molar-refractivity contribution < 1.29 is 18.7 Å². The number of methoxy groups -OCH3 is 1. The largest absolute Gasteiger partial charge is 0.448 e. The van der Waals surface area contributed by atoms with E-state index in [-0.39, 0.29) is 18.4 Å². The Morgan fingerprint density at radius 2 is 2.38 bits per heavy atom. The maximum Gasteiger partial charge on any atom is 0.252 e. The fraction of sp³-hybridized carbons (Fsp3) is 0.643. The van der Waals surface area contributed by atoms with Crippen molar-refractivity contribution in [2.45, 2.75) is 38.8 Å². The number of carbonyl (C=O) groups is 2. The molecule has 2 heterocycles. The first-order valence-corrected chi connectivity index (χ1v) is 7.09. The number of rotatable bonds is 5. The Morgan fingerprint density at radius 3 is 3.05 bits per heavy atom. The highest BCUT2D eigenvalue weighted by atomic mass is 16.5. The van der Waals surface area contributed by atoms with Gasteiger partial charge >= 0.3 is 0 Å². The maximum absolute atomic E-state index is 12.2. The van der Waals surface area contributed by atoms with E-state index in [1.165, 1.54) is 13.5 Å². The second-order valence-electron chi connectivity index (χ2n) is 5.11. The summed E-state index contributed by atoms with van der Waals surface area (Å²) in [5.74, 6) is 0.367. The third kappa shape index (κ3) is 4.04. The van der Waals surface area contributed by atoms with Crippen LogP contribution in [-0.2, 0) is 20.9 Å². The van der Waals surface area contributed by atoms with Crippen LogP contribution in [0.3, 0.4) is 0 Å². The van der Waals surface area contributed by atoms with Crippen LogP contribution < -0.4 is 5.32 Å². The summed E-state index contributed by atoms with van der Waals surface area (Å²) in [4.78, 5) is 29.7. The molecule has 21 heavy (non-hydrogen) atoms. The number of hydrogen-bond acceptors (Lipinski definition) is 5. The first-order valence-electron chi connectivity index (χ1n) is 7.09. The molecule has 1 aliphatic heterocycles. The number of aromatic nitrogens is 1. The molecule has 7 heteroatoms. The van der Waals surface area contributed by atoms with Gasteiger partial charge in [-0.25, -0.2) is 4.98 Å². The minimum atomic E-state index is -0.432. The lowest BCUT2D eigenvalue weighted by Crippen LogP contribution is -2.44. The summed E-state index contributed by atoms with van der Waals surface area (Å²) in [6.45, 7) is 2.73. The molecule has 0 aromatic carbocycles. The molecule has 1 unspecified atom stereocenters. The topological polar surface area (TPSA) is 84.7 Å². The monoisotopic (exact) mass is 295 g/mol. The Morgan fingerprint density at radius 1 is 1.57 bits per heavy atom. The fourth-order valence-corrected chi connectivity index (χ4v) is 2.35. The molecule has 1 N–H and O–H groups in total. The van der Waals surface area contributed by atoms with Crippen LogP contribution in [0.1, 0.15) is 30.7 Å². The number of nitrogens with zero attached hydrogens (tertiary/aromatic N) is 2. The highest BCUT2D eigenvalue weighted by molar-refractivity contribution is 5.87. The van der Waals surface area contributed by atoms with Crippen molar-refractivity contribution in [1.82, 2.24) is 15.2 Å². The van der Waals surface area contributed by atoms with Gasteiger partial charge in [0.15, 0.2) is 6.39 Å². The predicted octanol–water partition coefficient (Wildman–Crippen LogP) is 0.627. The van der Waals surface area contributed by atoms with Crippen molar-refractivity contribution in [2.24, 2.45) is 0 Å². The van der Waals surface area contributed by atoms with Crippen molar-refractivity contribution in [3.8, 4) is 0 Å². The predicted molar refractivity (Wildman–Crippen MR) is 74.3 cm³/mol. The summed E-state index contributed by atoms with van der Waals surface area (Å²) in [6.07, 6.45) is 3.45. The second-order valence-corrected chi connectivity index (χ2v) is 5.11. The minimum Gasteiger partial charge on any atom is -0.448 e. The summed E-state index contributed by atoms with van der Waals surface area (Å²) in [5, 5.41) is 2.75. The van der Waals surface area contributed by atoms with E-state index in [1.807, 2.05) is 0 Å². The Balaban J connectivity index is 1.86. The van der Waals surface area contributed by atoms with E-state index in [2.05, 4.69) is 10.3 Å². The van der Waals surface area contributed by atoms with E-state index in [0.29, 0.717) is 31.0 Å². The molecule has 1 aromatic heterocycles. The van der Waals surface area contributed by atoms with Crippen molar-refractivity contribution in [3.05, 3.63) is 17.8 Å². The number of ether oxygens (including phenoxy) is 1. The lowest BCUT2D eigenvalue weighted by atomic mass is 10.2. The van der Waals surface area contributed by atoms with Gasteiger partial charge in [0.1, 0.15) is 17.6 Å². The van der Waals surface area contributed by atoms with E-state index in [0.717, 1.165) is 12.8 Å². The molecular formula is C14H21N3O4. The van der Waals surface area contributed by atoms with Gasteiger partial charge in [0.25, 0.3) is 5.91 Å². The molecule has 7 nitrogen and oxygen atoms in total. The van der Waals surface area contributed by atoms with Crippen molar-refractivity contribution in [3.63, 3.8) is 0 Å². The molecule has 2 amide bonds. The number of nitrogens with one attached hydrogen (secondary N) is 1. The molecule has 1 atom stereocenters. The Bertz CT molecular complexity index is 500. The van der Waals surface area contributed by atoms with Gasteiger partial charge in [-0.3, -0.25) is 9.59 Å². The first kappa shape index (κ1) is 15.5. The van der Waals surface area contributed by atoms with E-state index in [4.69, 9.17) is 9.15 Å². The third-order valence-electron chi connectivity index (χ3n) is 3.65. The van der Waals surface area contributed by atoms with E-state index in [1.54, 1.807) is 11.8 Å². The SMILES string of the molecule is COC1CCCCN(CC(=O)NCc2ncoc2C)C1=O. The van der Waals surface area contributed by atoms with Gasteiger partial charge in [-0.15, -0.1) is 0 Å². The average molecular weight is 295 g/mol. The second kappa shape index (κ2) is 7.21. The molecule has 0 radical (unpaired) electrons. The summed E-state index contributed by atoms with van der Waals surface area (Å²) >= 11 is 0. The lowest BCUT2D eigenvalue weighted by Gasteiger charge is -2.22. The number of likely N-dealkylation sites (tertiary alicyclic amines) is 1. The molecule has 2 rings (SSSR count). The van der Waals surface area contributed by atoms with Crippen molar-refractivity contribution in [1.29, 1.82) is 0 Å². The van der Waals surface area contributed by atoms with Gasteiger partial charge in [0, 0.05) is 13.7 Å². The average Bonchev–Trinajstić information content (AvgIpc) is 2.80. The molecule has 116 valence electrons. The number of amides is 2. The van der Waals surface area contributed by atoms with Crippen molar-refractivity contribution >= 4 is 11.8 Å². The van der Waals surface area contributed by atoms with Gasteiger partial charge in [-0.05, 0) is 26.2 Å². The Labute approximate surface area is 123 Å². The van der Waals surface area contributed by atoms with E-state index >= 15 is 0 Å². The molecule has 1 aliphatic rings. The Kier molecular flexibility index (Phi) is 5.32. The molecule has 1 fully saturated rings. The van der Waals surface area contributed by atoms with Crippen LogP contribution >= 0.6 is 0 Å². The van der Waals surface area contributed by atoms with Crippen LogP contribution in [0.25, 0.3) is 0 Å². The molecule has 0 aliphatic carbocycles. The fourth-order valence-electron chi connectivity index (χ4n) is 2.35. The van der Waals surface area contributed by atoms with Gasteiger partial charge in [-0.1, -0.05) is 0 Å². The van der Waals surface area contributed by atoms with Crippen LogP contribution in [0.2, 0.25) is 0 Å². The quantitative estimate of drug-likeness (QED) is 0.861. The zero-order valence-electron chi connectivity index (χ0n) is 12.4. The molecule has 0 spiro atoms. The highest BCUT2D eigenvalue weighted by Crippen LogP contribution is 2.14. The summed E-state index contributed by atoms with van der Waals surface area (Å²) < 4.78 is 10.2. The summed E-state index contributed by atoms with van der Waals surface area (Å²) in [5.41, 5.74) is 0.695. The van der Waals surface area contributed by atoms with Crippen LogP contribution in [0.5, 0.6) is 0 Å². The number of carbonyl (C=O) groups excluding carboxylic acids is 2. The van der Waals surface area contributed by atoms with Crippen molar-refractivity contribution in [2.75, 3.05) is 20.2 Å². The normalized spacial score (nSPS) is 19.4. The third-order valence-corrected chi connectivity index (χ3v) is 3.65. The number of oxazole rings is 1. The zero-order chi connectivity index (χ0) is 15.2. The van der Waals surface area contributed by atoms with Gasteiger partial charge in [0.2, 0.25) is 5.91 Å². The van der Waals surface area contributed by atoms with Crippen LogP contribution in [0, 0.1) is 6.92 Å². The summed E-state index contributed by atoms with van der Waals surface area (Å²) in [7, 11) is 1.53. The van der Waals surface area contributed by atoms with Gasteiger partial charge < -0.3 is 19.4 Å². The zero-order valence-corrected chi connectivity index (χ0v) is 12.4. The van der Waals surface area contributed by atoms with Gasteiger partial charge in [-0.2, -0.15) is 0 Å². The summed E-state index contributed by atoms with van der Waals surface area (Å²) in [6, 6.07) is 0. The number of hydrogen-bond donors (Lipinski definition) is 1.